The van der Waals surface area contributed by atoms with Gasteiger partial charge in [-0.2, -0.15) is 0 Å². The number of anilines is 1. The zero-order valence-electron chi connectivity index (χ0n) is 13.3. The number of phenolic OH excluding ortho intramolecular Hbond substituents is 1. The van der Waals surface area contributed by atoms with E-state index in [1.165, 1.54) is 21.9 Å². The van der Waals surface area contributed by atoms with Gasteiger partial charge in [0.1, 0.15) is 5.75 Å². The molecule has 24 heavy (non-hydrogen) atoms. The van der Waals surface area contributed by atoms with Gasteiger partial charge in [-0.25, -0.2) is 0 Å². The third-order valence-electron chi connectivity index (χ3n) is 5.53. The van der Waals surface area contributed by atoms with E-state index in [0.29, 0.717) is 17.6 Å². The van der Waals surface area contributed by atoms with Crippen LogP contribution in [-0.4, -0.2) is 5.11 Å². The third kappa shape index (κ3) is 1.89. The number of hydrogen-bond donors (Lipinski definition) is 2. The van der Waals surface area contributed by atoms with Crippen molar-refractivity contribution in [3.63, 3.8) is 0 Å². The Hall–Kier alpha value is -2.74. The quantitative estimate of drug-likeness (QED) is 0.467. The number of nitrogens with one attached hydrogen (secondary N) is 1. The molecule has 0 unspecified atom stereocenters. The van der Waals surface area contributed by atoms with E-state index in [1.807, 2.05) is 6.07 Å². The first-order valence-corrected chi connectivity index (χ1v) is 8.55. The first-order valence-electron chi connectivity index (χ1n) is 8.55. The minimum Gasteiger partial charge on any atom is -0.506 e. The highest BCUT2D eigenvalue weighted by molar-refractivity contribution is 5.87. The Morgan fingerprint density at radius 1 is 0.875 bits per heavy atom. The summed E-state index contributed by atoms with van der Waals surface area (Å²) >= 11 is 0. The molecule has 0 saturated carbocycles. The van der Waals surface area contributed by atoms with Gasteiger partial charge < -0.3 is 10.4 Å². The average molecular weight is 313 g/mol. The Kier molecular flexibility index (Phi) is 2.93. The van der Waals surface area contributed by atoms with Crippen LogP contribution in [0, 0.1) is 5.92 Å². The lowest BCUT2D eigenvalue weighted by Crippen LogP contribution is -2.29. The summed E-state index contributed by atoms with van der Waals surface area (Å²) in [5.74, 6) is 1.21. The van der Waals surface area contributed by atoms with Gasteiger partial charge in [0, 0.05) is 5.92 Å². The van der Waals surface area contributed by atoms with Crippen molar-refractivity contribution in [2.24, 2.45) is 5.92 Å². The number of para-hydroxylation sites is 1. The first kappa shape index (κ1) is 13.7. The molecule has 2 nitrogen and oxygen atoms in total. The lowest BCUT2D eigenvalue weighted by Gasteiger charge is -2.38. The van der Waals surface area contributed by atoms with Gasteiger partial charge in [-0.3, -0.25) is 0 Å². The average Bonchev–Trinajstić information content (AvgIpc) is 3.11. The highest BCUT2D eigenvalue weighted by atomic mass is 16.3. The number of aromatic hydroxyl groups is 1. The van der Waals surface area contributed by atoms with Crippen molar-refractivity contribution in [2.45, 2.75) is 18.4 Å². The fraction of sp³-hybridized carbons (Fsp3) is 0.182. The smallest absolute Gasteiger partial charge is 0.138 e. The van der Waals surface area contributed by atoms with Crippen LogP contribution in [0.3, 0.4) is 0 Å². The molecule has 0 amide bonds. The molecule has 0 saturated heterocycles. The zero-order valence-corrected chi connectivity index (χ0v) is 13.3. The van der Waals surface area contributed by atoms with Crippen molar-refractivity contribution < 1.29 is 5.11 Å². The molecule has 0 aromatic heterocycles. The Morgan fingerprint density at radius 3 is 2.62 bits per heavy atom. The van der Waals surface area contributed by atoms with Crippen molar-refractivity contribution in [3.05, 3.63) is 83.9 Å². The van der Waals surface area contributed by atoms with Crippen molar-refractivity contribution in [2.75, 3.05) is 5.32 Å². The summed E-state index contributed by atoms with van der Waals surface area (Å²) in [7, 11) is 0. The first-order chi connectivity index (χ1) is 11.8. The SMILES string of the molecule is Oc1cccc2c1N[C@H](c1cccc3ccccc13)[C@@H]1CC=C[C@H]21. The summed E-state index contributed by atoms with van der Waals surface area (Å²) in [6.45, 7) is 0. The van der Waals surface area contributed by atoms with Crippen molar-refractivity contribution >= 4 is 16.5 Å². The monoisotopic (exact) mass is 313 g/mol. The number of rotatable bonds is 1. The summed E-state index contributed by atoms with van der Waals surface area (Å²) in [5.41, 5.74) is 3.43. The van der Waals surface area contributed by atoms with Crippen LogP contribution < -0.4 is 5.32 Å². The molecule has 3 aromatic rings. The maximum atomic E-state index is 10.4. The number of phenols is 1. The standard InChI is InChI=1S/C22H19NO/c24-20-13-5-12-19-16-9-4-11-18(16)21(23-22(19)20)17-10-3-7-14-6-1-2-8-15(14)17/h1-10,12-13,16,18,21,23-24H,11H2/t16-,18+,21+/m0/s1. The summed E-state index contributed by atoms with van der Waals surface area (Å²) < 4.78 is 0. The molecule has 1 aliphatic carbocycles. The molecule has 2 heteroatoms. The minimum absolute atomic E-state index is 0.205. The van der Waals surface area contributed by atoms with Crippen LogP contribution in [0.25, 0.3) is 10.8 Å². The van der Waals surface area contributed by atoms with Gasteiger partial charge in [0.2, 0.25) is 0 Å². The molecule has 1 heterocycles. The van der Waals surface area contributed by atoms with E-state index in [4.69, 9.17) is 0 Å². The van der Waals surface area contributed by atoms with Gasteiger partial charge >= 0.3 is 0 Å². The van der Waals surface area contributed by atoms with Crippen molar-refractivity contribution in [1.29, 1.82) is 0 Å². The lowest BCUT2D eigenvalue weighted by molar-refractivity contribution is 0.416. The van der Waals surface area contributed by atoms with Gasteiger partial charge in [-0.15, -0.1) is 0 Å². The van der Waals surface area contributed by atoms with E-state index >= 15 is 0 Å². The van der Waals surface area contributed by atoms with Crippen LogP contribution in [0.15, 0.2) is 72.8 Å². The van der Waals surface area contributed by atoms with E-state index in [0.717, 1.165) is 12.1 Å². The molecule has 3 aromatic carbocycles. The molecule has 2 N–H and O–H groups in total. The van der Waals surface area contributed by atoms with Gasteiger partial charge in [0.25, 0.3) is 0 Å². The van der Waals surface area contributed by atoms with Gasteiger partial charge in [0.05, 0.1) is 11.7 Å². The van der Waals surface area contributed by atoms with Crippen LogP contribution >= 0.6 is 0 Å². The molecule has 118 valence electrons. The summed E-state index contributed by atoms with van der Waals surface area (Å²) in [6, 6.07) is 21.1. The third-order valence-corrected chi connectivity index (χ3v) is 5.53. The second-order valence-corrected chi connectivity index (χ2v) is 6.79. The van der Waals surface area contributed by atoms with Crippen LogP contribution in [-0.2, 0) is 0 Å². The molecule has 3 atom stereocenters. The summed E-state index contributed by atoms with van der Waals surface area (Å²) in [6.07, 6.45) is 5.66. The van der Waals surface area contributed by atoms with Crippen LogP contribution in [0.5, 0.6) is 5.75 Å². The van der Waals surface area contributed by atoms with Crippen LogP contribution in [0.2, 0.25) is 0 Å². The van der Waals surface area contributed by atoms with E-state index < -0.39 is 0 Å². The maximum absolute atomic E-state index is 10.4. The largest absolute Gasteiger partial charge is 0.506 e. The predicted molar refractivity (Wildman–Crippen MR) is 98.4 cm³/mol. The fourth-order valence-corrected chi connectivity index (χ4v) is 4.43. The second-order valence-electron chi connectivity index (χ2n) is 6.79. The van der Waals surface area contributed by atoms with Gasteiger partial charge in [-0.05, 0) is 40.3 Å². The highest BCUT2D eigenvalue weighted by Crippen LogP contribution is 2.52. The molecule has 2 aliphatic rings. The minimum atomic E-state index is 0.205. The Labute approximate surface area is 141 Å². The Bertz CT molecular complexity index is 954. The summed E-state index contributed by atoms with van der Waals surface area (Å²) in [4.78, 5) is 0. The van der Waals surface area contributed by atoms with E-state index in [-0.39, 0.29) is 6.04 Å². The molecular weight excluding hydrogens is 294 g/mol. The molecule has 0 spiro atoms. The highest BCUT2D eigenvalue weighted by Gasteiger charge is 2.39. The Morgan fingerprint density at radius 2 is 1.67 bits per heavy atom. The number of hydrogen-bond acceptors (Lipinski definition) is 2. The predicted octanol–water partition coefficient (Wildman–Crippen LogP) is 5.37. The fourth-order valence-electron chi connectivity index (χ4n) is 4.43. The van der Waals surface area contributed by atoms with E-state index in [1.54, 1.807) is 6.07 Å². The van der Waals surface area contributed by atoms with Crippen molar-refractivity contribution in [1.82, 2.24) is 0 Å². The van der Waals surface area contributed by atoms with Gasteiger partial charge in [-0.1, -0.05) is 66.7 Å². The molecule has 1 aliphatic heterocycles. The van der Waals surface area contributed by atoms with Crippen LogP contribution in [0.1, 0.15) is 29.5 Å². The normalized spacial score (nSPS) is 24.4. The van der Waals surface area contributed by atoms with Gasteiger partial charge in [0.15, 0.2) is 0 Å². The molecule has 0 bridgehead atoms. The zero-order chi connectivity index (χ0) is 16.1. The number of allylic oxidation sites excluding steroid dienone is 2. The van der Waals surface area contributed by atoms with Crippen molar-refractivity contribution in [3.8, 4) is 5.75 Å². The Balaban J connectivity index is 1.70. The summed E-state index contributed by atoms with van der Waals surface area (Å²) in [5, 5.41) is 16.6. The molecular formula is C22H19NO. The maximum Gasteiger partial charge on any atom is 0.138 e. The topological polar surface area (TPSA) is 32.3 Å². The molecule has 5 rings (SSSR count). The lowest BCUT2D eigenvalue weighted by atomic mass is 9.76. The number of fused-ring (bicyclic) bond motifs is 4. The molecule has 0 fully saturated rings. The molecule has 0 radical (unpaired) electrons. The van der Waals surface area contributed by atoms with Crippen LogP contribution in [0.4, 0.5) is 5.69 Å². The number of benzene rings is 3. The second kappa shape index (κ2) is 5.13. The van der Waals surface area contributed by atoms with E-state index in [2.05, 4.69) is 66.0 Å². The van der Waals surface area contributed by atoms with E-state index in [9.17, 15) is 5.11 Å².